The lowest BCUT2D eigenvalue weighted by molar-refractivity contribution is -0.384. The maximum atomic E-state index is 12.6. The number of nitrogens with zero attached hydrogens (tertiary/aromatic N) is 1. The highest BCUT2D eigenvalue weighted by atomic mass is 35.5. The molecule has 0 fully saturated rings. The topological polar surface area (TPSA) is 111 Å². The largest absolute Gasteiger partial charge is 0.496 e. The van der Waals surface area contributed by atoms with E-state index >= 15 is 0 Å². The Morgan fingerprint density at radius 3 is 2.63 bits per heavy atom. The monoisotopic (exact) mass is 389 g/mol. The van der Waals surface area contributed by atoms with Crippen LogP contribution in [0.4, 0.5) is 17.1 Å². The average Bonchev–Trinajstić information content (AvgIpc) is 2.82. The van der Waals surface area contributed by atoms with E-state index in [1.54, 1.807) is 13.8 Å². The highest BCUT2D eigenvalue weighted by Crippen LogP contribution is 2.42. The first-order valence-corrected chi connectivity index (χ1v) is 8.32. The summed E-state index contributed by atoms with van der Waals surface area (Å²) in [6.45, 7) is 3.35. The molecule has 2 N–H and O–H groups in total. The van der Waals surface area contributed by atoms with Crippen molar-refractivity contribution in [2.24, 2.45) is 0 Å². The average molecular weight is 390 g/mol. The van der Waals surface area contributed by atoms with Crippen LogP contribution in [0, 0.1) is 10.1 Å². The van der Waals surface area contributed by atoms with E-state index in [0.29, 0.717) is 16.3 Å². The van der Waals surface area contributed by atoms with Crippen LogP contribution in [0.2, 0.25) is 5.02 Å². The Morgan fingerprint density at radius 2 is 2.00 bits per heavy atom. The number of amides is 2. The summed E-state index contributed by atoms with van der Waals surface area (Å²) in [6, 6.07) is 7.14. The number of methoxy groups -OCH3 is 1. The molecule has 0 saturated heterocycles. The maximum Gasteiger partial charge on any atom is 0.293 e. The van der Waals surface area contributed by atoms with E-state index in [-0.39, 0.29) is 28.6 Å². The first kappa shape index (κ1) is 18.7. The van der Waals surface area contributed by atoms with Crippen molar-refractivity contribution in [3.63, 3.8) is 0 Å². The van der Waals surface area contributed by atoms with Crippen molar-refractivity contribution in [2.45, 2.75) is 19.3 Å². The van der Waals surface area contributed by atoms with Crippen LogP contribution in [0.25, 0.3) is 0 Å². The molecule has 0 unspecified atom stereocenters. The molecule has 1 heterocycles. The van der Waals surface area contributed by atoms with Crippen molar-refractivity contribution in [1.29, 1.82) is 0 Å². The van der Waals surface area contributed by atoms with E-state index in [9.17, 15) is 19.7 Å². The number of nitro groups is 1. The van der Waals surface area contributed by atoms with Gasteiger partial charge in [0.05, 0.1) is 23.0 Å². The summed E-state index contributed by atoms with van der Waals surface area (Å²) in [4.78, 5) is 35.6. The zero-order valence-corrected chi connectivity index (χ0v) is 15.5. The third-order valence-electron chi connectivity index (χ3n) is 4.48. The second-order valence-corrected chi connectivity index (χ2v) is 6.99. The van der Waals surface area contributed by atoms with Gasteiger partial charge in [-0.15, -0.1) is 0 Å². The minimum absolute atomic E-state index is 0.0289. The number of nitro benzene ring substituents is 1. The number of rotatable bonds is 4. The SMILES string of the molecule is COc1cc(Cl)ccc1C(=O)Nc1cc2c(cc1[N+](=O)[O-])C(C)(C)C(=O)N2. The summed E-state index contributed by atoms with van der Waals surface area (Å²) < 4.78 is 5.14. The Kier molecular flexibility index (Phi) is 4.52. The normalized spacial score (nSPS) is 14.3. The Labute approximate surface area is 159 Å². The highest BCUT2D eigenvalue weighted by Gasteiger charge is 2.40. The summed E-state index contributed by atoms with van der Waals surface area (Å²) >= 11 is 5.89. The molecular formula is C18H16ClN3O5. The molecule has 27 heavy (non-hydrogen) atoms. The molecular weight excluding hydrogens is 374 g/mol. The van der Waals surface area contributed by atoms with Crippen LogP contribution < -0.4 is 15.4 Å². The maximum absolute atomic E-state index is 12.6. The van der Waals surface area contributed by atoms with Gasteiger partial charge in [0.1, 0.15) is 11.4 Å². The highest BCUT2D eigenvalue weighted by molar-refractivity contribution is 6.31. The predicted octanol–water partition coefficient (Wildman–Crippen LogP) is 3.74. The third-order valence-corrected chi connectivity index (χ3v) is 4.71. The smallest absolute Gasteiger partial charge is 0.293 e. The Hall–Kier alpha value is -3.13. The van der Waals surface area contributed by atoms with Crippen molar-refractivity contribution in [2.75, 3.05) is 17.7 Å². The van der Waals surface area contributed by atoms with Gasteiger partial charge in [-0.05, 0) is 43.7 Å². The second-order valence-electron chi connectivity index (χ2n) is 6.55. The van der Waals surface area contributed by atoms with Crippen molar-refractivity contribution >= 4 is 40.5 Å². The van der Waals surface area contributed by atoms with Crippen LogP contribution in [0.1, 0.15) is 29.8 Å². The number of halogens is 1. The van der Waals surface area contributed by atoms with Crippen LogP contribution in [0.3, 0.4) is 0 Å². The van der Waals surface area contributed by atoms with Gasteiger partial charge in [-0.1, -0.05) is 11.6 Å². The summed E-state index contributed by atoms with van der Waals surface area (Å²) in [6.07, 6.45) is 0. The molecule has 0 aliphatic carbocycles. The number of anilines is 2. The molecule has 8 nitrogen and oxygen atoms in total. The zero-order valence-electron chi connectivity index (χ0n) is 14.8. The fourth-order valence-electron chi connectivity index (χ4n) is 2.90. The molecule has 0 bridgehead atoms. The van der Waals surface area contributed by atoms with Gasteiger partial charge < -0.3 is 15.4 Å². The minimum Gasteiger partial charge on any atom is -0.496 e. The summed E-state index contributed by atoms with van der Waals surface area (Å²) in [7, 11) is 1.39. The lowest BCUT2D eigenvalue weighted by Crippen LogP contribution is -2.26. The van der Waals surface area contributed by atoms with Gasteiger partial charge in [-0.3, -0.25) is 19.7 Å². The minimum atomic E-state index is -0.901. The number of nitrogens with one attached hydrogen (secondary N) is 2. The van der Waals surface area contributed by atoms with Crippen molar-refractivity contribution < 1.29 is 19.2 Å². The number of carbonyl (C=O) groups excluding carboxylic acids is 2. The number of ether oxygens (including phenoxy) is 1. The van der Waals surface area contributed by atoms with Crippen LogP contribution in [0.5, 0.6) is 5.75 Å². The van der Waals surface area contributed by atoms with E-state index in [1.165, 1.54) is 37.4 Å². The molecule has 0 atom stereocenters. The van der Waals surface area contributed by atoms with E-state index in [4.69, 9.17) is 16.3 Å². The summed E-state index contributed by atoms with van der Waals surface area (Å²) in [5.74, 6) is -0.636. The molecule has 1 aliphatic rings. The first-order valence-electron chi connectivity index (χ1n) is 7.94. The van der Waals surface area contributed by atoms with Crippen LogP contribution in [0.15, 0.2) is 30.3 Å². The van der Waals surface area contributed by atoms with Gasteiger partial charge in [0.25, 0.3) is 11.6 Å². The summed E-state index contributed by atoms with van der Waals surface area (Å²) in [5, 5.41) is 17.1. The molecule has 9 heteroatoms. The molecule has 2 amide bonds. The van der Waals surface area contributed by atoms with E-state index in [2.05, 4.69) is 10.6 Å². The Bertz CT molecular complexity index is 987. The lowest BCUT2D eigenvalue weighted by Gasteiger charge is -2.15. The molecule has 0 saturated carbocycles. The predicted molar refractivity (Wildman–Crippen MR) is 101 cm³/mol. The Morgan fingerprint density at radius 1 is 1.30 bits per heavy atom. The van der Waals surface area contributed by atoms with Gasteiger partial charge in [0.15, 0.2) is 0 Å². The van der Waals surface area contributed by atoms with Crippen molar-refractivity contribution in [1.82, 2.24) is 0 Å². The number of fused-ring (bicyclic) bond motifs is 1. The van der Waals surface area contributed by atoms with Gasteiger partial charge in [-0.2, -0.15) is 0 Å². The second kappa shape index (κ2) is 6.55. The fourth-order valence-corrected chi connectivity index (χ4v) is 3.07. The molecule has 140 valence electrons. The van der Waals surface area contributed by atoms with Crippen LogP contribution >= 0.6 is 11.6 Å². The first-order chi connectivity index (χ1) is 12.6. The number of benzene rings is 2. The van der Waals surface area contributed by atoms with E-state index < -0.39 is 16.2 Å². The van der Waals surface area contributed by atoms with Gasteiger partial charge in [0, 0.05) is 16.8 Å². The zero-order chi connectivity index (χ0) is 19.9. The van der Waals surface area contributed by atoms with Crippen molar-refractivity contribution in [3.05, 3.63) is 56.6 Å². The number of carbonyl (C=O) groups is 2. The molecule has 0 spiro atoms. The van der Waals surface area contributed by atoms with Gasteiger partial charge >= 0.3 is 0 Å². The van der Waals surface area contributed by atoms with E-state index in [0.717, 1.165) is 0 Å². The van der Waals surface area contributed by atoms with E-state index in [1.807, 2.05) is 0 Å². The van der Waals surface area contributed by atoms with Gasteiger partial charge in [0.2, 0.25) is 5.91 Å². The molecule has 2 aromatic rings. The third kappa shape index (κ3) is 3.19. The van der Waals surface area contributed by atoms with Crippen LogP contribution in [-0.4, -0.2) is 23.8 Å². The number of hydrogen-bond donors (Lipinski definition) is 2. The molecule has 0 aromatic heterocycles. The Balaban J connectivity index is 2.03. The van der Waals surface area contributed by atoms with Crippen molar-refractivity contribution in [3.8, 4) is 5.75 Å². The molecule has 3 rings (SSSR count). The quantitative estimate of drug-likeness (QED) is 0.611. The van der Waals surface area contributed by atoms with Crippen LogP contribution in [-0.2, 0) is 10.2 Å². The fraction of sp³-hybridized carbons (Fsp3) is 0.222. The molecule has 2 aromatic carbocycles. The standard InChI is InChI=1S/C18H16ClN3O5/c1-18(2)11-7-14(22(25)26)13(8-12(11)21-17(18)24)20-16(23)10-5-4-9(19)6-15(10)27-3/h4-8H,1-3H3,(H,20,23)(H,21,24). The lowest BCUT2D eigenvalue weighted by atomic mass is 9.86. The number of hydrogen-bond acceptors (Lipinski definition) is 5. The summed E-state index contributed by atoms with van der Waals surface area (Å²) in [5.41, 5.74) is -0.142. The molecule has 0 radical (unpaired) electrons. The molecule has 1 aliphatic heterocycles. The van der Waals surface area contributed by atoms with Gasteiger partial charge in [-0.25, -0.2) is 0 Å².